The highest BCUT2D eigenvalue weighted by Gasteiger charge is 2.09. The van der Waals surface area contributed by atoms with Gasteiger partial charge in [0.25, 0.3) is 0 Å². The van der Waals surface area contributed by atoms with Crippen molar-refractivity contribution in [1.29, 1.82) is 0 Å². The van der Waals surface area contributed by atoms with Crippen molar-refractivity contribution < 1.29 is 9.47 Å². The number of halogens is 1. The standard InChI is InChI=1S/C17H16ClN5O2/c1-24-6-7-25-10-2-3-11-13(8-10)21-17(20-11)22-14-9-19-12-4-5-15(18)23-16(12)14/h2-5,8-9,19H,6-7H2,1H3,(H2,20,21,22). The molecule has 4 aromatic rings. The number of hydrogen-bond acceptors (Lipinski definition) is 5. The Morgan fingerprint density at radius 2 is 2.00 bits per heavy atom. The van der Waals surface area contributed by atoms with E-state index in [1.54, 1.807) is 13.2 Å². The maximum Gasteiger partial charge on any atom is 0.205 e. The summed E-state index contributed by atoms with van der Waals surface area (Å²) in [5.41, 5.74) is 4.18. The fourth-order valence-electron chi connectivity index (χ4n) is 2.58. The molecule has 3 aromatic heterocycles. The van der Waals surface area contributed by atoms with Crippen LogP contribution in [0.2, 0.25) is 5.15 Å². The molecule has 0 radical (unpaired) electrons. The van der Waals surface area contributed by atoms with Crippen LogP contribution in [-0.4, -0.2) is 40.3 Å². The van der Waals surface area contributed by atoms with Crippen LogP contribution in [0, 0.1) is 0 Å². The monoisotopic (exact) mass is 357 g/mol. The van der Waals surface area contributed by atoms with Gasteiger partial charge >= 0.3 is 0 Å². The molecular formula is C17H16ClN5O2. The van der Waals surface area contributed by atoms with Crippen molar-refractivity contribution in [2.45, 2.75) is 0 Å². The lowest BCUT2D eigenvalue weighted by atomic mass is 10.3. The Bertz CT molecular complexity index is 1030. The zero-order valence-corrected chi connectivity index (χ0v) is 14.2. The number of nitrogens with one attached hydrogen (secondary N) is 3. The molecule has 1 aromatic carbocycles. The van der Waals surface area contributed by atoms with Crippen LogP contribution >= 0.6 is 11.6 Å². The highest BCUT2D eigenvalue weighted by molar-refractivity contribution is 6.29. The summed E-state index contributed by atoms with van der Waals surface area (Å²) in [6, 6.07) is 9.35. The summed E-state index contributed by atoms with van der Waals surface area (Å²) in [5, 5.41) is 3.68. The van der Waals surface area contributed by atoms with Gasteiger partial charge in [-0.15, -0.1) is 0 Å². The van der Waals surface area contributed by atoms with E-state index in [0.717, 1.165) is 33.5 Å². The maximum atomic E-state index is 5.99. The third-order valence-corrected chi connectivity index (χ3v) is 3.96. The van der Waals surface area contributed by atoms with E-state index >= 15 is 0 Å². The minimum atomic E-state index is 0.442. The van der Waals surface area contributed by atoms with Crippen molar-refractivity contribution in [3.8, 4) is 5.75 Å². The first-order chi connectivity index (χ1) is 12.2. The molecule has 0 atom stereocenters. The van der Waals surface area contributed by atoms with Gasteiger partial charge in [-0.1, -0.05) is 11.6 Å². The van der Waals surface area contributed by atoms with Crippen LogP contribution in [0.25, 0.3) is 22.1 Å². The summed E-state index contributed by atoms with van der Waals surface area (Å²) >= 11 is 5.99. The van der Waals surface area contributed by atoms with Gasteiger partial charge in [-0.25, -0.2) is 9.97 Å². The molecule has 0 bridgehead atoms. The fourth-order valence-corrected chi connectivity index (χ4v) is 2.72. The van der Waals surface area contributed by atoms with E-state index in [9.17, 15) is 0 Å². The quantitative estimate of drug-likeness (QED) is 0.360. The molecule has 0 saturated carbocycles. The zero-order chi connectivity index (χ0) is 17.2. The summed E-state index contributed by atoms with van der Waals surface area (Å²) in [4.78, 5) is 15.3. The van der Waals surface area contributed by atoms with E-state index in [-0.39, 0.29) is 0 Å². The highest BCUT2D eigenvalue weighted by Crippen LogP contribution is 2.27. The minimum Gasteiger partial charge on any atom is -0.491 e. The molecule has 0 unspecified atom stereocenters. The van der Waals surface area contributed by atoms with E-state index in [1.807, 2.05) is 30.5 Å². The molecule has 0 aliphatic carbocycles. The summed E-state index contributed by atoms with van der Waals surface area (Å²) in [5.74, 6) is 1.37. The number of aromatic amines is 2. The molecule has 3 N–H and O–H groups in total. The van der Waals surface area contributed by atoms with Gasteiger partial charge in [-0.05, 0) is 24.3 Å². The van der Waals surface area contributed by atoms with Crippen molar-refractivity contribution in [3.63, 3.8) is 0 Å². The molecule has 7 nitrogen and oxygen atoms in total. The Morgan fingerprint density at radius 1 is 1.12 bits per heavy atom. The van der Waals surface area contributed by atoms with Crippen LogP contribution in [-0.2, 0) is 4.74 Å². The summed E-state index contributed by atoms with van der Waals surface area (Å²) in [6.45, 7) is 1.04. The summed E-state index contributed by atoms with van der Waals surface area (Å²) < 4.78 is 10.6. The third-order valence-electron chi connectivity index (χ3n) is 3.75. The summed E-state index contributed by atoms with van der Waals surface area (Å²) in [7, 11) is 1.64. The van der Waals surface area contributed by atoms with Crippen LogP contribution < -0.4 is 10.1 Å². The van der Waals surface area contributed by atoms with E-state index in [1.165, 1.54) is 0 Å². The Labute approximate surface area is 148 Å². The number of imidazole rings is 1. The number of rotatable bonds is 6. The Kier molecular flexibility index (Phi) is 4.17. The topological polar surface area (TPSA) is 87.9 Å². The number of anilines is 2. The molecule has 25 heavy (non-hydrogen) atoms. The van der Waals surface area contributed by atoms with Gasteiger partial charge in [0.2, 0.25) is 5.95 Å². The molecule has 0 saturated heterocycles. The second kappa shape index (κ2) is 6.62. The molecule has 128 valence electrons. The second-order valence-corrected chi connectivity index (χ2v) is 5.85. The Balaban J connectivity index is 1.59. The number of H-pyrrole nitrogens is 2. The first-order valence-electron chi connectivity index (χ1n) is 7.75. The number of ether oxygens (including phenoxy) is 2. The van der Waals surface area contributed by atoms with Gasteiger partial charge in [-0.2, -0.15) is 0 Å². The van der Waals surface area contributed by atoms with Crippen molar-refractivity contribution in [3.05, 3.63) is 41.7 Å². The fraction of sp³-hybridized carbons (Fsp3) is 0.176. The highest BCUT2D eigenvalue weighted by atomic mass is 35.5. The van der Waals surface area contributed by atoms with Gasteiger partial charge in [0.1, 0.15) is 23.0 Å². The minimum absolute atomic E-state index is 0.442. The Morgan fingerprint density at radius 3 is 2.88 bits per heavy atom. The van der Waals surface area contributed by atoms with Gasteiger partial charge in [-0.3, -0.25) is 0 Å². The molecule has 0 amide bonds. The lowest BCUT2D eigenvalue weighted by Gasteiger charge is -2.04. The summed E-state index contributed by atoms with van der Waals surface area (Å²) in [6.07, 6.45) is 1.83. The number of benzene rings is 1. The van der Waals surface area contributed by atoms with Crippen molar-refractivity contribution in [2.75, 3.05) is 25.6 Å². The SMILES string of the molecule is COCCOc1ccc2[nH]c(Nc3c[nH]c4ccc(Cl)nc34)nc2c1. The second-order valence-electron chi connectivity index (χ2n) is 5.46. The lowest BCUT2D eigenvalue weighted by molar-refractivity contribution is 0.146. The van der Waals surface area contributed by atoms with E-state index in [2.05, 4.69) is 25.3 Å². The van der Waals surface area contributed by atoms with Crippen molar-refractivity contribution in [1.82, 2.24) is 19.9 Å². The first-order valence-corrected chi connectivity index (χ1v) is 8.13. The number of hydrogen-bond donors (Lipinski definition) is 3. The van der Waals surface area contributed by atoms with E-state index in [0.29, 0.717) is 24.3 Å². The van der Waals surface area contributed by atoms with Crippen LogP contribution in [0.1, 0.15) is 0 Å². The molecule has 8 heteroatoms. The van der Waals surface area contributed by atoms with Gasteiger partial charge in [0, 0.05) is 19.4 Å². The van der Waals surface area contributed by atoms with Crippen LogP contribution in [0.3, 0.4) is 0 Å². The number of nitrogens with zero attached hydrogens (tertiary/aromatic N) is 2. The van der Waals surface area contributed by atoms with E-state index in [4.69, 9.17) is 21.1 Å². The molecule has 0 aliphatic heterocycles. The number of pyridine rings is 1. The van der Waals surface area contributed by atoms with Gasteiger partial charge in [0.05, 0.1) is 28.8 Å². The van der Waals surface area contributed by atoms with Crippen molar-refractivity contribution >= 4 is 45.3 Å². The van der Waals surface area contributed by atoms with Crippen LogP contribution in [0.15, 0.2) is 36.5 Å². The molecular weight excluding hydrogens is 342 g/mol. The number of methoxy groups -OCH3 is 1. The van der Waals surface area contributed by atoms with Crippen LogP contribution in [0.5, 0.6) is 5.75 Å². The third kappa shape index (κ3) is 3.24. The molecule has 0 spiro atoms. The van der Waals surface area contributed by atoms with E-state index < -0.39 is 0 Å². The molecule has 4 rings (SSSR count). The first kappa shape index (κ1) is 15.7. The van der Waals surface area contributed by atoms with Crippen molar-refractivity contribution in [2.24, 2.45) is 0 Å². The molecule has 0 fully saturated rings. The number of aromatic nitrogens is 4. The zero-order valence-electron chi connectivity index (χ0n) is 13.5. The van der Waals surface area contributed by atoms with Crippen LogP contribution in [0.4, 0.5) is 11.6 Å². The smallest absolute Gasteiger partial charge is 0.205 e. The molecule has 0 aliphatic rings. The largest absolute Gasteiger partial charge is 0.491 e. The predicted octanol–water partition coefficient (Wildman–Crippen LogP) is 3.86. The molecule has 3 heterocycles. The lowest BCUT2D eigenvalue weighted by Crippen LogP contribution is -2.03. The number of fused-ring (bicyclic) bond motifs is 2. The predicted molar refractivity (Wildman–Crippen MR) is 97.9 cm³/mol. The normalized spacial score (nSPS) is 11.3. The van der Waals surface area contributed by atoms with Gasteiger partial charge < -0.3 is 24.8 Å². The average Bonchev–Trinajstić information content (AvgIpc) is 3.18. The Hall–Kier alpha value is -2.77. The average molecular weight is 358 g/mol. The maximum absolute atomic E-state index is 5.99. The van der Waals surface area contributed by atoms with Gasteiger partial charge in [0.15, 0.2) is 0 Å².